The predicted molar refractivity (Wildman–Crippen MR) is 118 cm³/mol. The Morgan fingerprint density at radius 2 is 2.07 bits per heavy atom. The number of aliphatic imine (C=N–C) groups is 1. The van der Waals surface area contributed by atoms with Crippen molar-refractivity contribution in [3.8, 4) is 23.3 Å². The number of benzene rings is 2. The highest BCUT2D eigenvalue weighted by Crippen LogP contribution is 2.43. The van der Waals surface area contributed by atoms with Crippen molar-refractivity contribution >= 4 is 43.1 Å². The molecule has 0 saturated carbocycles. The van der Waals surface area contributed by atoms with Crippen LogP contribution in [0, 0.1) is 11.3 Å². The maximum atomic E-state index is 13.5. The van der Waals surface area contributed by atoms with Crippen molar-refractivity contribution in [3.05, 3.63) is 52.4 Å². The van der Waals surface area contributed by atoms with Gasteiger partial charge in [-0.15, -0.1) is 0 Å². The Hall–Kier alpha value is -2.95. The van der Waals surface area contributed by atoms with Crippen molar-refractivity contribution in [1.29, 1.82) is 5.26 Å². The topological polar surface area (TPSA) is 83.7 Å². The number of thioether (sulfide) groups is 1. The van der Waals surface area contributed by atoms with E-state index in [1.807, 2.05) is 6.07 Å². The molecule has 0 radical (unpaired) electrons. The summed E-state index contributed by atoms with van der Waals surface area (Å²) < 4.78 is 38.2. The van der Waals surface area contributed by atoms with Crippen molar-refractivity contribution in [2.45, 2.75) is 0 Å². The van der Waals surface area contributed by atoms with Crippen LogP contribution < -0.4 is 20.1 Å². The number of halogens is 2. The fourth-order valence-electron chi connectivity index (χ4n) is 2.57. The molecule has 2 aromatic rings. The van der Waals surface area contributed by atoms with Gasteiger partial charge in [-0.1, -0.05) is 23.9 Å². The molecule has 0 aliphatic rings. The molecule has 6 nitrogen and oxygen atoms in total. The van der Waals surface area contributed by atoms with Crippen molar-refractivity contribution in [3.63, 3.8) is 0 Å². The Bertz CT molecular complexity index is 1020. The number of rotatable bonds is 8. The summed E-state index contributed by atoms with van der Waals surface area (Å²) in [6.45, 7) is 0. The molecule has 0 unspecified atom stereocenters. The van der Waals surface area contributed by atoms with Crippen LogP contribution in [0.15, 0.2) is 46.3 Å². The van der Waals surface area contributed by atoms with E-state index in [0.717, 1.165) is 17.8 Å². The van der Waals surface area contributed by atoms with Gasteiger partial charge in [-0.05, 0) is 30.3 Å². The first-order valence-electron chi connectivity index (χ1n) is 8.46. The number of hydrogen-bond donors (Lipinski definition) is 1. The van der Waals surface area contributed by atoms with E-state index in [0.29, 0.717) is 27.7 Å². The summed E-state index contributed by atoms with van der Waals surface area (Å²) in [5.74, 6) is 0.947. The average molecular weight is 449 g/mol. The van der Waals surface area contributed by atoms with E-state index in [-0.39, 0.29) is 22.4 Å². The highest BCUT2D eigenvalue weighted by molar-refractivity contribution is 8.16. The Labute approximate surface area is 178 Å². The molecule has 0 aliphatic carbocycles. The molecule has 10 heteroatoms. The summed E-state index contributed by atoms with van der Waals surface area (Å²) in [5.41, 5.74) is 1.36. The van der Waals surface area contributed by atoms with Crippen molar-refractivity contribution in [1.82, 2.24) is 5.32 Å². The number of nitrogens with zero attached hydrogens (tertiary/aromatic N) is 2. The summed E-state index contributed by atoms with van der Waals surface area (Å²) >= 11 is 0.932. The van der Waals surface area contributed by atoms with Crippen molar-refractivity contribution in [2.75, 3.05) is 21.2 Å². The summed E-state index contributed by atoms with van der Waals surface area (Å²) in [4.78, 5) is 15.7. The van der Waals surface area contributed by atoms with Crippen LogP contribution in [-0.2, 0) is 4.79 Å². The second-order valence-electron chi connectivity index (χ2n) is 5.55. The minimum Gasteiger partial charge on any atom is -0.492 e. The Kier molecular flexibility index (Phi) is 8.78. The monoisotopic (exact) mass is 449 g/mol. The third-order valence-corrected chi connectivity index (χ3v) is 5.23. The molecule has 0 amide bonds. The molecular weight excluding hydrogens is 431 g/mol. The van der Waals surface area contributed by atoms with Gasteiger partial charge in [0.05, 0.1) is 29.0 Å². The largest absolute Gasteiger partial charge is 0.492 e. The van der Waals surface area contributed by atoms with Crippen LogP contribution >= 0.6 is 20.3 Å². The minimum atomic E-state index is -3.48. The van der Waals surface area contributed by atoms with Crippen LogP contribution in [0.4, 0.5) is 8.39 Å². The third kappa shape index (κ3) is 5.56. The van der Waals surface area contributed by atoms with E-state index in [9.17, 15) is 13.2 Å². The first kappa shape index (κ1) is 23.3. The number of nitrogens with one attached hydrogen (secondary N) is 1. The van der Waals surface area contributed by atoms with Crippen LogP contribution in [0.3, 0.4) is 0 Å². The Balaban J connectivity index is 2.54. The lowest BCUT2D eigenvalue weighted by molar-refractivity contribution is 0.379. The lowest BCUT2D eigenvalue weighted by atomic mass is 10.1. The molecule has 0 spiro atoms. The quantitative estimate of drug-likeness (QED) is 0.271. The summed E-state index contributed by atoms with van der Waals surface area (Å²) in [5, 5.41) is 11.5. The van der Waals surface area contributed by atoms with Gasteiger partial charge in [0, 0.05) is 19.7 Å². The molecule has 1 N–H and O–H groups in total. The fraction of sp³-hybridized carbons (Fsp3) is 0.150. The zero-order valence-electron chi connectivity index (χ0n) is 16.3. The summed E-state index contributed by atoms with van der Waals surface area (Å²) in [6, 6.07) is 10.7. The highest BCUT2D eigenvalue weighted by Gasteiger charge is 2.19. The number of para-hydroxylation sites is 1. The van der Waals surface area contributed by atoms with Crippen molar-refractivity contribution < 1.29 is 22.7 Å². The molecule has 0 heterocycles. The molecule has 30 heavy (non-hydrogen) atoms. The fourth-order valence-corrected chi connectivity index (χ4v) is 3.69. The minimum absolute atomic E-state index is 0.0573. The second kappa shape index (κ2) is 11.3. The Morgan fingerprint density at radius 3 is 2.63 bits per heavy atom. The molecule has 0 atom stereocenters. The normalized spacial score (nSPS) is 11.8. The molecular formula is C20H18F2N3O3PS. The first-order valence-corrected chi connectivity index (χ1v) is 10.5. The maximum Gasteiger partial charge on any atom is 0.301 e. The van der Waals surface area contributed by atoms with Gasteiger partial charge < -0.3 is 14.8 Å². The van der Waals surface area contributed by atoms with E-state index >= 15 is 0 Å². The van der Waals surface area contributed by atoms with Gasteiger partial charge in [0.1, 0.15) is 11.6 Å². The number of methoxy groups -OCH3 is 1. The van der Waals surface area contributed by atoms with Crippen LogP contribution in [0.5, 0.6) is 17.2 Å². The van der Waals surface area contributed by atoms with Crippen LogP contribution in [0.25, 0.3) is 6.08 Å². The van der Waals surface area contributed by atoms with Gasteiger partial charge in [-0.2, -0.15) is 13.7 Å². The van der Waals surface area contributed by atoms with Crippen LogP contribution in [0.2, 0.25) is 0 Å². The molecule has 0 fully saturated rings. The molecule has 0 aliphatic heterocycles. The van der Waals surface area contributed by atoms with E-state index in [1.54, 1.807) is 38.4 Å². The van der Waals surface area contributed by atoms with Gasteiger partial charge in [-0.3, -0.25) is 9.79 Å². The molecule has 2 rings (SSSR count). The molecule has 0 bridgehead atoms. The van der Waals surface area contributed by atoms with Gasteiger partial charge in [0.15, 0.2) is 17.1 Å². The smallest absolute Gasteiger partial charge is 0.301 e. The van der Waals surface area contributed by atoms with E-state index in [1.165, 1.54) is 19.2 Å². The second-order valence-corrected chi connectivity index (χ2v) is 7.37. The molecule has 156 valence electrons. The van der Waals surface area contributed by atoms with Gasteiger partial charge in [-0.25, -0.2) is 0 Å². The highest BCUT2D eigenvalue weighted by atomic mass is 32.2. The van der Waals surface area contributed by atoms with Gasteiger partial charge in [0.25, 0.3) is 0 Å². The first-order chi connectivity index (χ1) is 14.5. The Morgan fingerprint density at radius 1 is 1.30 bits per heavy atom. The number of nitriles is 1. The van der Waals surface area contributed by atoms with E-state index in [2.05, 4.69) is 10.3 Å². The maximum absolute atomic E-state index is 13.5. The van der Waals surface area contributed by atoms with Crippen LogP contribution in [-0.4, -0.2) is 32.7 Å². The number of carbonyl (C=O) groups excluding carboxylic acids is 1. The van der Waals surface area contributed by atoms with Crippen molar-refractivity contribution in [2.24, 2.45) is 4.99 Å². The number of ether oxygens (including phenoxy) is 2. The van der Waals surface area contributed by atoms with Crippen LogP contribution in [0.1, 0.15) is 11.1 Å². The lowest BCUT2D eigenvalue weighted by Crippen LogP contribution is -2.19. The number of likely N-dealkylation sites (N-methyl/N-ethyl adjacent to an activating group) is 1. The SMILES string of the molecule is CN=C(NC)/C(=C/c1cccc(Oc2ccc(C#N)cc2P(F)F)c1OC)SC=O. The third-order valence-electron chi connectivity index (χ3n) is 3.86. The van der Waals surface area contributed by atoms with E-state index < -0.39 is 8.54 Å². The zero-order chi connectivity index (χ0) is 22.1. The molecule has 0 aromatic heterocycles. The lowest BCUT2D eigenvalue weighted by Gasteiger charge is -2.15. The van der Waals surface area contributed by atoms with Gasteiger partial charge >= 0.3 is 8.54 Å². The van der Waals surface area contributed by atoms with Gasteiger partial charge in [0.2, 0.25) is 0 Å². The number of amidine groups is 1. The zero-order valence-corrected chi connectivity index (χ0v) is 18.1. The molecule has 0 saturated heterocycles. The summed E-state index contributed by atoms with van der Waals surface area (Å²) in [7, 11) is 1.20. The molecule has 2 aromatic carbocycles. The number of carbonyl (C=O) groups is 1. The predicted octanol–water partition coefficient (Wildman–Crippen LogP) is 4.75. The number of hydrogen-bond acceptors (Lipinski definition) is 6. The van der Waals surface area contributed by atoms with E-state index in [4.69, 9.17) is 14.7 Å². The summed E-state index contributed by atoms with van der Waals surface area (Å²) in [6.07, 6.45) is 1.68. The standard InChI is InChI=1S/C20H18F2N3O3PS/c1-24-20(25-2)18(30-12-26)10-14-5-4-6-16(19(14)27-3)28-15-8-7-13(11-23)9-17(15)29(21)22/h4-10,12H,1-3H3,(H,24,25)/b18-10-. The average Bonchev–Trinajstić information content (AvgIpc) is 2.75.